The van der Waals surface area contributed by atoms with Crippen LogP contribution in [0.5, 0.6) is 0 Å². The molecule has 42 heavy (non-hydrogen) atoms. The molecule has 0 saturated heterocycles. The first-order valence-corrected chi connectivity index (χ1v) is 14.0. The minimum absolute atomic E-state index is 0.0774. The van der Waals surface area contributed by atoms with Crippen molar-refractivity contribution in [2.75, 3.05) is 6.54 Å². The highest BCUT2D eigenvalue weighted by atomic mass is 16.4. The van der Waals surface area contributed by atoms with Gasteiger partial charge >= 0.3 is 5.97 Å². The Morgan fingerprint density at radius 3 is 2.05 bits per heavy atom. The van der Waals surface area contributed by atoms with E-state index >= 15 is 0 Å². The Hall–Kier alpha value is -4.01. The zero-order valence-corrected chi connectivity index (χ0v) is 25.7. The summed E-state index contributed by atoms with van der Waals surface area (Å²) in [4.78, 5) is 34.7. The van der Waals surface area contributed by atoms with Crippen LogP contribution in [-0.4, -0.2) is 51.9 Å². The molecule has 8 nitrogen and oxygen atoms in total. The first kappa shape index (κ1) is 38.0. The molecule has 230 valence electrons. The maximum absolute atomic E-state index is 12.2. The van der Waals surface area contributed by atoms with E-state index in [0.29, 0.717) is 24.2 Å². The maximum atomic E-state index is 12.2. The van der Waals surface area contributed by atoms with Gasteiger partial charge in [-0.2, -0.15) is 0 Å². The van der Waals surface area contributed by atoms with Gasteiger partial charge in [0.2, 0.25) is 11.8 Å². The average Bonchev–Trinajstić information content (AvgIpc) is 2.91. The van der Waals surface area contributed by atoms with Crippen molar-refractivity contribution in [2.24, 2.45) is 11.8 Å². The molecule has 3 atom stereocenters. The second-order valence-corrected chi connectivity index (χ2v) is 10.3. The predicted molar refractivity (Wildman–Crippen MR) is 170 cm³/mol. The summed E-state index contributed by atoms with van der Waals surface area (Å²) in [6.45, 7) is 11.3. The summed E-state index contributed by atoms with van der Waals surface area (Å²) >= 11 is 0. The van der Waals surface area contributed by atoms with Gasteiger partial charge in [-0.3, -0.25) is 14.4 Å². The summed E-state index contributed by atoms with van der Waals surface area (Å²) in [5.74, 6) is -1.89. The molecule has 2 unspecified atom stereocenters. The number of carbonyl (C=O) groups excluding carboxylic acids is 2. The van der Waals surface area contributed by atoms with Crippen molar-refractivity contribution in [3.05, 3.63) is 108 Å². The Bertz CT molecular complexity index is 1130. The molecule has 5 N–H and O–H groups in total. The molecule has 0 aromatic rings. The zero-order valence-electron chi connectivity index (χ0n) is 25.7. The van der Waals surface area contributed by atoms with Crippen LogP contribution in [0.3, 0.4) is 0 Å². The fourth-order valence-electron chi connectivity index (χ4n) is 3.12. The monoisotopic (exact) mass is 580 g/mol. The summed E-state index contributed by atoms with van der Waals surface area (Å²) in [5.41, 5.74) is 2.27. The van der Waals surface area contributed by atoms with Crippen molar-refractivity contribution in [2.45, 2.75) is 66.6 Å². The van der Waals surface area contributed by atoms with E-state index in [1.165, 1.54) is 0 Å². The lowest BCUT2D eigenvalue weighted by molar-refractivity contribution is -0.139. The second-order valence-electron chi connectivity index (χ2n) is 10.3. The average molecular weight is 581 g/mol. The number of hydrogen-bond acceptors (Lipinski definition) is 5. The second kappa shape index (κ2) is 22.7. The summed E-state index contributed by atoms with van der Waals surface area (Å²) in [7, 11) is 0. The minimum atomic E-state index is -0.976. The zero-order chi connectivity index (χ0) is 31.9. The third-order valence-corrected chi connectivity index (χ3v) is 5.65. The number of rotatable bonds is 18. The number of hydrogen-bond donors (Lipinski definition) is 5. The highest BCUT2D eigenvalue weighted by molar-refractivity contribution is 5.80. The van der Waals surface area contributed by atoms with Crippen LogP contribution in [0.25, 0.3) is 0 Å². The lowest BCUT2D eigenvalue weighted by Gasteiger charge is -2.11. The lowest BCUT2D eigenvalue weighted by Crippen LogP contribution is -2.35. The predicted octanol–water partition coefficient (Wildman–Crippen LogP) is 5.23. The minimum Gasteiger partial charge on any atom is -0.481 e. The normalized spacial score (nSPS) is 16.1. The van der Waals surface area contributed by atoms with Crippen molar-refractivity contribution in [3.8, 4) is 0 Å². The van der Waals surface area contributed by atoms with Crippen LogP contribution in [0, 0.1) is 11.8 Å². The number of amides is 2. The standard InChI is InChI=1S/C34H48N2O6/c1-25(2)23-31(38)33(40)35-22-16-9-7-8-11-17-26(3)18-14-15-19-27(4)30(37)24-32(39)36-29(6)21-13-10-12-20-28(5)34(41)42/h7-21,25,28,30-31,37-38H,22-24H2,1-6H3,(H,35,40)(H,36,39)(H,41,42)/b8-7-,13-10+,15-14-,16-9+,17-11+,20-12+,26-18+,27-19-,29-21-/t28?,30?,31-/m0/s1. The number of nitrogens with one attached hydrogen (secondary N) is 2. The van der Waals surface area contributed by atoms with Crippen LogP contribution >= 0.6 is 0 Å². The Morgan fingerprint density at radius 1 is 0.762 bits per heavy atom. The molecular formula is C34H48N2O6. The van der Waals surface area contributed by atoms with Crippen molar-refractivity contribution >= 4 is 17.8 Å². The molecule has 0 fully saturated rings. The van der Waals surface area contributed by atoms with Crippen molar-refractivity contribution in [1.82, 2.24) is 10.6 Å². The van der Waals surface area contributed by atoms with Crippen LogP contribution in [-0.2, 0) is 14.4 Å². The first-order chi connectivity index (χ1) is 19.8. The topological polar surface area (TPSA) is 136 Å². The number of carbonyl (C=O) groups is 3. The molecule has 0 radical (unpaired) electrons. The van der Waals surface area contributed by atoms with Gasteiger partial charge in [0.05, 0.1) is 18.4 Å². The van der Waals surface area contributed by atoms with Crippen LogP contribution in [0.2, 0.25) is 0 Å². The molecule has 0 aromatic heterocycles. The van der Waals surface area contributed by atoms with Crippen LogP contribution < -0.4 is 10.6 Å². The fraction of sp³-hybridized carbons (Fsp3) is 0.382. The molecule has 0 aliphatic heterocycles. The van der Waals surface area contributed by atoms with Gasteiger partial charge in [-0.1, -0.05) is 104 Å². The molecule has 0 heterocycles. The Morgan fingerprint density at radius 2 is 1.38 bits per heavy atom. The fourth-order valence-corrected chi connectivity index (χ4v) is 3.12. The van der Waals surface area contributed by atoms with Crippen molar-refractivity contribution < 1.29 is 29.7 Å². The SMILES string of the molecule is C/C(=C/C=C/C=C/C(C)C(=O)O)NC(=O)CC(O)\C(C)=C/C=C\C=C(C)\C=C\C=C/C=C/CNC(=O)[C@@H](O)CC(C)C. The van der Waals surface area contributed by atoms with Gasteiger partial charge < -0.3 is 26.0 Å². The number of carboxylic acid groups (broad SMARTS) is 1. The van der Waals surface area contributed by atoms with Gasteiger partial charge in [0.25, 0.3) is 0 Å². The van der Waals surface area contributed by atoms with Gasteiger partial charge in [-0.15, -0.1) is 0 Å². The lowest BCUT2D eigenvalue weighted by atomic mass is 10.1. The van der Waals surface area contributed by atoms with E-state index in [-0.39, 0.29) is 24.2 Å². The van der Waals surface area contributed by atoms with Gasteiger partial charge in [0, 0.05) is 12.2 Å². The molecule has 0 aromatic carbocycles. The number of carboxylic acids is 1. The molecule has 0 rings (SSSR count). The molecule has 0 saturated carbocycles. The third-order valence-electron chi connectivity index (χ3n) is 5.65. The van der Waals surface area contributed by atoms with Crippen LogP contribution in [0.15, 0.2) is 108 Å². The van der Waals surface area contributed by atoms with E-state index < -0.39 is 24.1 Å². The van der Waals surface area contributed by atoms with E-state index in [1.54, 1.807) is 69.4 Å². The smallest absolute Gasteiger partial charge is 0.310 e. The molecule has 0 aliphatic rings. The molecule has 0 bridgehead atoms. The number of aliphatic carboxylic acids is 1. The largest absolute Gasteiger partial charge is 0.481 e. The Labute approximate surface area is 251 Å². The molecule has 8 heteroatoms. The van der Waals surface area contributed by atoms with Crippen LogP contribution in [0.4, 0.5) is 0 Å². The van der Waals surface area contributed by atoms with Gasteiger partial charge in [-0.05, 0) is 51.7 Å². The van der Waals surface area contributed by atoms with E-state index in [0.717, 1.165) is 5.57 Å². The van der Waals surface area contributed by atoms with Gasteiger partial charge in [-0.25, -0.2) is 0 Å². The summed E-state index contributed by atoms with van der Waals surface area (Å²) in [6.07, 6.45) is 25.2. The maximum Gasteiger partial charge on any atom is 0.310 e. The van der Waals surface area contributed by atoms with Crippen molar-refractivity contribution in [1.29, 1.82) is 0 Å². The highest BCUT2D eigenvalue weighted by Crippen LogP contribution is 2.07. The number of aliphatic hydroxyl groups excluding tert-OH is 2. The van der Waals surface area contributed by atoms with Crippen molar-refractivity contribution in [3.63, 3.8) is 0 Å². The number of allylic oxidation sites excluding steroid dienone is 15. The first-order valence-electron chi connectivity index (χ1n) is 14.0. The highest BCUT2D eigenvalue weighted by Gasteiger charge is 2.15. The Kier molecular flexibility index (Phi) is 20.5. The van der Waals surface area contributed by atoms with E-state index in [4.69, 9.17) is 5.11 Å². The summed E-state index contributed by atoms with van der Waals surface area (Å²) < 4.78 is 0. The van der Waals surface area contributed by atoms with Crippen LogP contribution in [0.1, 0.15) is 54.4 Å². The van der Waals surface area contributed by atoms with Gasteiger partial charge in [0.15, 0.2) is 0 Å². The summed E-state index contributed by atoms with van der Waals surface area (Å²) in [6, 6.07) is 0. The third kappa shape index (κ3) is 20.8. The molecule has 0 aliphatic carbocycles. The number of aliphatic hydroxyl groups is 2. The van der Waals surface area contributed by atoms with Gasteiger partial charge in [0.1, 0.15) is 6.10 Å². The molecule has 0 spiro atoms. The Balaban J connectivity index is 4.54. The quantitative estimate of drug-likeness (QED) is 0.141. The molecule has 2 amide bonds. The molecular weight excluding hydrogens is 532 g/mol. The van der Waals surface area contributed by atoms with E-state index in [2.05, 4.69) is 10.6 Å². The van der Waals surface area contributed by atoms with E-state index in [1.807, 2.05) is 63.3 Å². The van der Waals surface area contributed by atoms with E-state index in [9.17, 15) is 24.6 Å². The summed E-state index contributed by atoms with van der Waals surface area (Å²) in [5, 5.41) is 34.3.